The average Bonchev–Trinajstić information content (AvgIpc) is 3.24. The lowest BCUT2D eigenvalue weighted by molar-refractivity contribution is -0.137. The summed E-state index contributed by atoms with van der Waals surface area (Å²) in [6.45, 7) is 0. The molecule has 5 nitrogen and oxygen atoms in total. The van der Waals surface area contributed by atoms with E-state index in [1.165, 1.54) is 31.4 Å². The van der Waals surface area contributed by atoms with Crippen molar-refractivity contribution in [3.63, 3.8) is 0 Å². The van der Waals surface area contributed by atoms with E-state index in [1.54, 1.807) is 0 Å². The molecule has 9 heteroatoms. The Hall–Kier alpha value is -3.12. The van der Waals surface area contributed by atoms with Crippen LogP contribution in [0, 0.1) is 11.3 Å². The molecule has 132 valence electrons. The predicted molar refractivity (Wildman–Crippen MR) is 88.2 cm³/mol. The second-order valence-corrected chi connectivity index (χ2v) is 6.09. The molecule has 0 N–H and O–H groups in total. The Morgan fingerprint density at radius 1 is 1.35 bits per heavy atom. The van der Waals surface area contributed by atoms with Crippen molar-refractivity contribution in [2.24, 2.45) is 0 Å². The lowest BCUT2D eigenvalue weighted by atomic mass is 10.2. The summed E-state index contributed by atoms with van der Waals surface area (Å²) >= 11 is 1.08. The molecule has 0 saturated heterocycles. The van der Waals surface area contributed by atoms with Crippen LogP contribution in [0.15, 0.2) is 34.7 Å². The number of ether oxygens (including phenoxy) is 1. The van der Waals surface area contributed by atoms with Gasteiger partial charge in [-0.15, -0.1) is 11.3 Å². The topological polar surface area (TPSA) is 76.1 Å². The monoisotopic (exact) mass is 378 g/mol. The van der Waals surface area contributed by atoms with Crippen LogP contribution in [-0.2, 0) is 10.9 Å². The first-order chi connectivity index (χ1) is 12.3. The van der Waals surface area contributed by atoms with Gasteiger partial charge in [-0.05, 0) is 30.3 Å². The van der Waals surface area contributed by atoms with E-state index in [1.807, 2.05) is 6.07 Å². The molecule has 3 aromatic rings. The fraction of sp³-hybridized carbons (Fsp3) is 0.118. The number of benzene rings is 1. The molecule has 26 heavy (non-hydrogen) atoms. The van der Waals surface area contributed by atoms with E-state index < -0.39 is 17.7 Å². The highest BCUT2D eigenvalue weighted by atomic mass is 32.1. The van der Waals surface area contributed by atoms with Gasteiger partial charge in [-0.25, -0.2) is 9.78 Å². The van der Waals surface area contributed by atoms with Crippen LogP contribution in [-0.4, -0.2) is 18.1 Å². The first kappa shape index (κ1) is 17.7. The molecule has 0 saturated carbocycles. The number of hydrogen-bond acceptors (Lipinski definition) is 6. The van der Waals surface area contributed by atoms with Gasteiger partial charge in [0.05, 0.1) is 28.5 Å². The molecule has 0 aliphatic rings. The third-order valence-corrected chi connectivity index (χ3v) is 4.44. The van der Waals surface area contributed by atoms with Crippen LogP contribution in [0.4, 0.5) is 13.2 Å². The van der Waals surface area contributed by atoms with Crippen molar-refractivity contribution in [3.05, 3.63) is 52.4 Å². The molecule has 0 spiro atoms. The van der Waals surface area contributed by atoms with Crippen LogP contribution in [0.2, 0.25) is 0 Å². The van der Waals surface area contributed by atoms with Crippen LogP contribution >= 0.6 is 11.3 Å². The number of nitriles is 1. The molecule has 0 atom stereocenters. The van der Waals surface area contributed by atoms with E-state index >= 15 is 0 Å². The number of allylic oxidation sites excluding steroid dienone is 1. The summed E-state index contributed by atoms with van der Waals surface area (Å²) in [6.07, 6.45) is -3.11. The SMILES string of the molecule is COC(=O)c1ccc(C=C(C#N)c2nc3cc(C(F)(F)F)ccc3s2)o1. The van der Waals surface area contributed by atoms with Crippen LogP contribution < -0.4 is 0 Å². The van der Waals surface area contributed by atoms with E-state index in [4.69, 9.17) is 4.42 Å². The first-order valence-electron chi connectivity index (χ1n) is 7.10. The lowest BCUT2D eigenvalue weighted by Crippen LogP contribution is -2.03. The third-order valence-electron chi connectivity index (χ3n) is 3.37. The van der Waals surface area contributed by atoms with Gasteiger partial charge in [-0.2, -0.15) is 18.4 Å². The summed E-state index contributed by atoms with van der Waals surface area (Å²) in [5.41, 5.74) is -0.556. The minimum atomic E-state index is -4.47. The van der Waals surface area contributed by atoms with Gasteiger partial charge in [0.15, 0.2) is 0 Å². The minimum Gasteiger partial charge on any atom is -0.463 e. The zero-order valence-electron chi connectivity index (χ0n) is 13.1. The Kier molecular flexibility index (Phi) is 4.52. The minimum absolute atomic E-state index is 0.0323. The lowest BCUT2D eigenvalue weighted by Gasteiger charge is -2.04. The van der Waals surface area contributed by atoms with Crippen LogP contribution in [0.3, 0.4) is 0 Å². The molecule has 3 rings (SSSR count). The number of methoxy groups -OCH3 is 1. The fourth-order valence-electron chi connectivity index (χ4n) is 2.14. The van der Waals surface area contributed by atoms with Gasteiger partial charge in [0.1, 0.15) is 16.8 Å². The average molecular weight is 378 g/mol. The Morgan fingerprint density at radius 3 is 2.77 bits per heavy atom. The van der Waals surface area contributed by atoms with Crippen LogP contribution in [0.25, 0.3) is 21.9 Å². The first-order valence-corrected chi connectivity index (χ1v) is 7.91. The van der Waals surface area contributed by atoms with Crippen molar-refractivity contribution >= 4 is 39.2 Å². The zero-order valence-corrected chi connectivity index (χ0v) is 13.9. The molecule has 0 aliphatic carbocycles. The molecule has 0 amide bonds. The van der Waals surface area contributed by atoms with Crippen molar-refractivity contribution < 1.29 is 27.1 Å². The smallest absolute Gasteiger partial charge is 0.416 e. The summed E-state index contributed by atoms with van der Waals surface area (Å²) in [5.74, 6) is -0.477. The van der Waals surface area contributed by atoms with Gasteiger partial charge < -0.3 is 9.15 Å². The van der Waals surface area contributed by atoms with Gasteiger partial charge in [-0.1, -0.05) is 0 Å². The largest absolute Gasteiger partial charge is 0.463 e. The summed E-state index contributed by atoms with van der Waals surface area (Å²) in [6, 6.07) is 8.02. The van der Waals surface area contributed by atoms with Gasteiger partial charge in [0, 0.05) is 6.08 Å². The number of rotatable bonds is 3. The Bertz CT molecular complexity index is 1060. The Morgan fingerprint density at radius 2 is 2.12 bits per heavy atom. The maximum Gasteiger partial charge on any atom is 0.416 e. The highest BCUT2D eigenvalue weighted by Gasteiger charge is 2.30. The number of nitrogens with zero attached hydrogens (tertiary/aromatic N) is 2. The number of fused-ring (bicyclic) bond motifs is 1. The van der Waals surface area contributed by atoms with Crippen molar-refractivity contribution in [3.8, 4) is 6.07 Å². The fourth-order valence-corrected chi connectivity index (χ4v) is 3.06. The van der Waals surface area contributed by atoms with Crippen molar-refractivity contribution in [2.45, 2.75) is 6.18 Å². The summed E-state index contributed by atoms with van der Waals surface area (Å²) in [7, 11) is 1.21. The van der Waals surface area contributed by atoms with E-state index in [-0.39, 0.29) is 27.6 Å². The second-order valence-electron chi connectivity index (χ2n) is 5.06. The van der Waals surface area contributed by atoms with Crippen molar-refractivity contribution in [2.75, 3.05) is 7.11 Å². The van der Waals surface area contributed by atoms with Crippen molar-refractivity contribution in [1.82, 2.24) is 4.98 Å². The molecule has 0 bridgehead atoms. The Balaban J connectivity index is 1.99. The van der Waals surface area contributed by atoms with Gasteiger partial charge in [0.2, 0.25) is 5.76 Å². The maximum absolute atomic E-state index is 12.8. The van der Waals surface area contributed by atoms with Crippen molar-refractivity contribution in [1.29, 1.82) is 5.26 Å². The molecular weight excluding hydrogens is 369 g/mol. The number of esters is 1. The number of aromatic nitrogens is 1. The number of hydrogen-bond donors (Lipinski definition) is 0. The van der Waals surface area contributed by atoms with Crippen LogP contribution in [0.5, 0.6) is 0 Å². The molecule has 0 unspecified atom stereocenters. The summed E-state index contributed by atoms with van der Waals surface area (Å²) in [4.78, 5) is 15.5. The van der Waals surface area contributed by atoms with Gasteiger partial charge in [-0.3, -0.25) is 0 Å². The number of carbonyl (C=O) groups excluding carboxylic acids is 1. The normalized spacial score (nSPS) is 12.2. The molecule has 0 radical (unpaired) electrons. The van der Waals surface area contributed by atoms with Gasteiger partial charge in [0.25, 0.3) is 0 Å². The predicted octanol–water partition coefficient (Wildman–Crippen LogP) is 4.76. The number of furan rings is 1. The maximum atomic E-state index is 12.8. The van der Waals surface area contributed by atoms with E-state index in [0.29, 0.717) is 4.70 Å². The van der Waals surface area contributed by atoms with E-state index in [2.05, 4.69) is 9.72 Å². The highest BCUT2D eigenvalue weighted by molar-refractivity contribution is 7.19. The van der Waals surface area contributed by atoms with Gasteiger partial charge >= 0.3 is 12.1 Å². The molecule has 1 aromatic carbocycles. The molecular formula is C17H9F3N2O3S. The van der Waals surface area contributed by atoms with Crippen LogP contribution in [0.1, 0.15) is 26.9 Å². The van der Waals surface area contributed by atoms with E-state index in [9.17, 15) is 23.2 Å². The number of thiazole rings is 1. The number of halogens is 3. The zero-order chi connectivity index (χ0) is 18.9. The van der Waals surface area contributed by atoms with E-state index in [0.717, 1.165) is 23.5 Å². The second kappa shape index (κ2) is 6.65. The highest BCUT2D eigenvalue weighted by Crippen LogP contribution is 2.34. The summed E-state index contributed by atoms with van der Waals surface area (Å²) < 4.78 is 48.7. The number of alkyl halides is 3. The quantitative estimate of drug-likeness (QED) is 0.485. The molecule has 2 heterocycles. The molecule has 2 aromatic heterocycles. The Labute approximate surface area is 148 Å². The standard InChI is InChI=1S/C17H9F3N2O3S/c1-24-16(23)13-4-3-11(25-13)6-9(8-21)15-22-12-7-10(17(18,19)20)2-5-14(12)26-15/h2-7H,1H3. The summed E-state index contributed by atoms with van der Waals surface area (Å²) in [5, 5.41) is 9.60. The third kappa shape index (κ3) is 3.45. The number of carbonyl (C=O) groups is 1. The molecule has 0 aliphatic heterocycles. The molecule has 0 fully saturated rings.